The molecule has 0 heterocycles. The molecule has 0 radical (unpaired) electrons. The van der Waals surface area contributed by atoms with Crippen molar-refractivity contribution in [2.75, 3.05) is 0 Å². The molecule has 0 N–H and O–H groups in total. The van der Waals surface area contributed by atoms with Crippen LogP contribution in [0.3, 0.4) is 0 Å². The van der Waals surface area contributed by atoms with E-state index >= 15 is 0 Å². The highest BCUT2D eigenvalue weighted by Gasteiger charge is 2.51. The van der Waals surface area contributed by atoms with E-state index in [9.17, 15) is 8.42 Å². The zero-order chi connectivity index (χ0) is 22.5. The molecule has 3 heteroatoms. The molecule has 2 nitrogen and oxygen atoms in total. The van der Waals surface area contributed by atoms with Crippen molar-refractivity contribution in [3.63, 3.8) is 0 Å². The number of rotatable bonds is 6. The van der Waals surface area contributed by atoms with Gasteiger partial charge >= 0.3 is 0 Å². The Morgan fingerprint density at radius 3 is 1.15 bits per heavy atom. The summed E-state index contributed by atoms with van der Waals surface area (Å²) in [7, 11) is -3.70. The topological polar surface area (TPSA) is 34.1 Å². The molecule has 33 heavy (non-hydrogen) atoms. The zero-order valence-electron chi connectivity index (χ0n) is 18.4. The van der Waals surface area contributed by atoms with Crippen molar-refractivity contribution >= 4 is 9.84 Å². The van der Waals surface area contributed by atoms with Crippen molar-refractivity contribution in [1.82, 2.24) is 0 Å². The van der Waals surface area contributed by atoms with Crippen LogP contribution in [0.15, 0.2) is 119 Å². The predicted molar refractivity (Wildman–Crippen MR) is 131 cm³/mol. The highest BCUT2D eigenvalue weighted by molar-refractivity contribution is 7.91. The molecule has 0 aliphatic heterocycles. The molecule has 0 spiro atoms. The smallest absolute Gasteiger partial charge is 0.207 e. The summed E-state index contributed by atoms with van der Waals surface area (Å²) in [6, 6.07) is 35.9. The van der Waals surface area contributed by atoms with Gasteiger partial charge in [0, 0.05) is 10.8 Å². The molecule has 4 aromatic carbocycles. The van der Waals surface area contributed by atoms with Crippen LogP contribution in [0.1, 0.15) is 47.9 Å². The lowest BCUT2D eigenvalue weighted by Gasteiger charge is -2.23. The Balaban J connectivity index is 1.51. The van der Waals surface area contributed by atoms with Crippen LogP contribution in [0.4, 0.5) is 0 Å². The van der Waals surface area contributed by atoms with E-state index < -0.39 is 9.84 Å². The first-order valence-corrected chi connectivity index (χ1v) is 13.1. The van der Waals surface area contributed by atoms with Gasteiger partial charge in [0.05, 0.1) is 9.79 Å². The molecule has 164 valence electrons. The number of benzene rings is 4. The van der Waals surface area contributed by atoms with Crippen molar-refractivity contribution < 1.29 is 8.42 Å². The molecule has 4 aromatic rings. The summed E-state index contributed by atoms with van der Waals surface area (Å²) >= 11 is 0. The maximum atomic E-state index is 14.3. The van der Waals surface area contributed by atoms with Gasteiger partial charge in [0.15, 0.2) is 0 Å². The normalized spacial score (nSPS) is 17.9. The molecule has 0 aromatic heterocycles. The van der Waals surface area contributed by atoms with Crippen LogP contribution in [-0.4, -0.2) is 8.42 Å². The third kappa shape index (κ3) is 3.18. The van der Waals surface area contributed by atoms with Gasteiger partial charge in [-0.05, 0) is 60.1 Å². The van der Waals surface area contributed by atoms with Gasteiger partial charge in [-0.25, -0.2) is 8.42 Å². The van der Waals surface area contributed by atoms with E-state index in [1.54, 1.807) is 12.1 Å². The zero-order valence-corrected chi connectivity index (χ0v) is 19.3. The quantitative estimate of drug-likeness (QED) is 0.328. The van der Waals surface area contributed by atoms with Crippen LogP contribution in [0.25, 0.3) is 0 Å². The minimum atomic E-state index is -3.70. The monoisotopic (exact) mass is 450 g/mol. The van der Waals surface area contributed by atoms with Crippen LogP contribution in [0.2, 0.25) is 0 Å². The Morgan fingerprint density at radius 1 is 0.455 bits per heavy atom. The van der Waals surface area contributed by atoms with Gasteiger partial charge in [-0.1, -0.05) is 97.1 Å². The first-order valence-electron chi connectivity index (χ1n) is 11.6. The Bertz CT molecular complexity index is 1310. The van der Waals surface area contributed by atoms with E-state index in [1.807, 2.05) is 72.8 Å². The molecule has 0 atom stereocenters. The van der Waals surface area contributed by atoms with E-state index in [-0.39, 0.29) is 10.8 Å². The first-order chi connectivity index (χ1) is 16.1. The van der Waals surface area contributed by atoms with E-state index in [0.29, 0.717) is 9.79 Å². The van der Waals surface area contributed by atoms with E-state index in [2.05, 4.69) is 24.3 Å². The van der Waals surface area contributed by atoms with E-state index in [0.717, 1.165) is 36.8 Å². The summed E-state index contributed by atoms with van der Waals surface area (Å²) in [5, 5.41) is 0. The maximum Gasteiger partial charge on any atom is 0.207 e. The summed E-state index contributed by atoms with van der Waals surface area (Å²) in [6.45, 7) is 0. The highest BCUT2D eigenvalue weighted by Crippen LogP contribution is 2.57. The number of hydrogen-bond acceptors (Lipinski definition) is 2. The number of sulfone groups is 1. The van der Waals surface area contributed by atoms with Crippen molar-refractivity contribution in [2.24, 2.45) is 0 Å². The number of hydrogen-bond donors (Lipinski definition) is 0. The Hall–Kier alpha value is -3.17. The third-order valence-electron chi connectivity index (χ3n) is 7.54. The van der Waals surface area contributed by atoms with Crippen LogP contribution < -0.4 is 0 Å². The summed E-state index contributed by atoms with van der Waals surface area (Å²) in [4.78, 5) is 0.894. The van der Waals surface area contributed by atoms with Gasteiger partial charge in [0.25, 0.3) is 0 Å². The highest BCUT2D eigenvalue weighted by atomic mass is 32.2. The third-order valence-corrected chi connectivity index (χ3v) is 9.41. The second-order valence-electron chi connectivity index (χ2n) is 9.39. The summed E-state index contributed by atoms with van der Waals surface area (Å²) in [5.74, 6) is 0. The van der Waals surface area contributed by atoms with E-state index in [4.69, 9.17) is 0 Å². The van der Waals surface area contributed by atoms with Crippen LogP contribution in [0, 0.1) is 0 Å². The molecule has 6 rings (SSSR count). The average molecular weight is 451 g/mol. The van der Waals surface area contributed by atoms with Crippen LogP contribution in [0.5, 0.6) is 0 Å². The van der Waals surface area contributed by atoms with Gasteiger partial charge in [-0.3, -0.25) is 0 Å². The summed E-state index contributed by atoms with van der Waals surface area (Å²) in [5.41, 5.74) is 3.83. The predicted octanol–water partition coefficient (Wildman–Crippen LogP) is 6.68. The van der Waals surface area contributed by atoms with Gasteiger partial charge in [-0.15, -0.1) is 0 Å². The molecule has 2 aliphatic rings. The SMILES string of the molecule is O=S(=O)(c1ccccc1C1(c2ccccc2)CC1)c1ccccc1C1(c2ccccc2)CC1. The molecule has 0 unspecified atom stereocenters. The van der Waals surface area contributed by atoms with Gasteiger partial charge in [0.1, 0.15) is 0 Å². The second-order valence-corrected chi connectivity index (χ2v) is 11.3. The van der Waals surface area contributed by atoms with Gasteiger partial charge in [-0.2, -0.15) is 0 Å². The minimum Gasteiger partial charge on any atom is -0.218 e. The minimum absolute atomic E-state index is 0.212. The fraction of sp³-hybridized carbons (Fsp3) is 0.200. The first kappa shape index (κ1) is 20.4. The Labute approximate surface area is 195 Å². The molecule has 2 fully saturated rings. The fourth-order valence-electron chi connectivity index (χ4n) is 5.50. The van der Waals surface area contributed by atoms with Crippen molar-refractivity contribution in [3.05, 3.63) is 131 Å². The fourth-order valence-corrected chi connectivity index (χ4v) is 7.36. The second kappa shape index (κ2) is 7.43. The molecular formula is C30H26O2S. The average Bonchev–Trinajstić information content (AvgIpc) is 3.80. The van der Waals surface area contributed by atoms with Crippen molar-refractivity contribution in [3.8, 4) is 0 Å². The van der Waals surface area contributed by atoms with Gasteiger partial charge in [0.2, 0.25) is 9.84 Å². The molecule has 0 saturated heterocycles. The Morgan fingerprint density at radius 2 is 0.788 bits per heavy atom. The lowest BCUT2D eigenvalue weighted by Crippen LogP contribution is -2.18. The maximum absolute atomic E-state index is 14.3. The van der Waals surface area contributed by atoms with E-state index in [1.165, 1.54) is 11.1 Å². The molecule has 0 amide bonds. The Kier molecular flexibility index (Phi) is 4.60. The standard InChI is InChI=1S/C30H26O2S/c31-33(32,27-17-9-7-15-25(27)29(19-20-29)23-11-3-1-4-12-23)28-18-10-8-16-26(28)30(21-22-30)24-13-5-2-6-14-24/h1-18H,19-22H2. The summed E-state index contributed by atoms with van der Waals surface area (Å²) < 4.78 is 28.6. The molecule has 2 saturated carbocycles. The van der Waals surface area contributed by atoms with Crippen LogP contribution >= 0.6 is 0 Å². The van der Waals surface area contributed by atoms with Gasteiger partial charge < -0.3 is 0 Å². The largest absolute Gasteiger partial charge is 0.218 e. The lowest BCUT2D eigenvalue weighted by molar-refractivity contribution is 0.590. The summed E-state index contributed by atoms with van der Waals surface area (Å²) in [6.07, 6.45) is 3.89. The van der Waals surface area contributed by atoms with Crippen molar-refractivity contribution in [1.29, 1.82) is 0 Å². The lowest BCUT2D eigenvalue weighted by atomic mass is 9.88. The van der Waals surface area contributed by atoms with Crippen molar-refractivity contribution in [2.45, 2.75) is 46.3 Å². The molecule has 0 bridgehead atoms. The van der Waals surface area contributed by atoms with Crippen LogP contribution in [-0.2, 0) is 20.7 Å². The molecule has 2 aliphatic carbocycles. The molecular weight excluding hydrogens is 424 g/mol.